The zero-order chi connectivity index (χ0) is 47.8. The highest BCUT2D eigenvalue weighted by Crippen LogP contribution is 2.61. The van der Waals surface area contributed by atoms with Gasteiger partial charge in [0.05, 0.1) is 16.5 Å². The minimum Gasteiger partial charge on any atom is -0.260 e. The molecule has 9 aromatic rings. The maximum absolute atomic E-state index is 5.34. The van der Waals surface area contributed by atoms with Crippen LogP contribution in [0.15, 0.2) is 188 Å². The number of hydrogen-bond donors (Lipinski definition) is 0. The molecule has 3 nitrogen and oxygen atoms in total. The van der Waals surface area contributed by atoms with Crippen molar-refractivity contribution >= 4 is 6.01 Å². The van der Waals surface area contributed by atoms with Gasteiger partial charge in [0.2, 0.25) is 12.4 Å². The van der Waals surface area contributed by atoms with Gasteiger partial charge >= 0.3 is 6.01 Å². The summed E-state index contributed by atoms with van der Waals surface area (Å²) in [6.07, 6.45) is 6.32. The molecular formula is C67H55N3+2. The average Bonchev–Trinajstić information content (AvgIpc) is 4.07. The van der Waals surface area contributed by atoms with Crippen molar-refractivity contribution in [2.75, 3.05) is 7.05 Å². The van der Waals surface area contributed by atoms with E-state index < -0.39 is 16.4 Å². The molecule has 336 valence electrons. The van der Waals surface area contributed by atoms with Crippen LogP contribution in [-0.2, 0) is 16.4 Å². The number of pyridine rings is 1. The summed E-state index contributed by atoms with van der Waals surface area (Å²) in [4.78, 5) is 5.34. The summed E-state index contributed by atoms with van der Waals surface area (Å²) in [5, 5.41) is 0. The van der Waals surface area contributed by atoms with Crippen LogP contribution in [0.25, 0.3) is 33.4 Å². The third kappa shape index (κ3) is 5.61. The van der Waals surface area contributed by atoms with Crippen molar-refractivity contribution in [3.8, 4) is 33.4 Å². The largest absolute Gasteiger partial charge is 0.490 e. The van der Waals surface area contributed by atoms with E-state index in [1.807, 2.05) is 10.8 Å². The van der Waals surface area contributed by atoms with Gasteiger partial charge in [0.1, 0.15) is 0 Å². The molecule has 1 aromatic heterocycles. The molecule has 4 aliphatic rings. The van der Waals surface area contributed by atoms with Gasteiger partial charge in [-0.25, -0.2) is 0 Å². The molecule has 0 saturated carbocycles. The fourth-order valence-electron chi connectivity index (χ4n) is 13.2. The number of rotatable bonds is 6. The first-order chi connectivity index (χ1) is 33.9. The first-order valence-corrected chi connectivity index (χ1v) is 24.7. The molecule has 3 heteroatoms. The Balaban J connectivity index is 1.15. The van der Waals surface area contributed by atoms with Crippen molar-refractivity contribution in [2.24, 2.45) is 0 Å². The summed E-state index contributed by atoms with van der Waals surface area (Å²) in [6.45, 7) is 15.5. The van der Waals surface area contributed by atoms with E-state index in [1.54, 1.807) is 0 Å². The zero-order valence-electron chi connectivity index (χ0n) is 41.2. The maximum atomic E-state index is 5.34. The van der Waals surface area contributed by atoms with Gasteiger partial charge in [0, 0.05) is 22.9 Å². The summed E-state index contributed by atoms with van der Waals surface area (Å²) in [5.74, 6) is 0. The lowest BCUT2D eigenvalue weighted by atomic mass is 9.64. The first-order valence-electron chi connectivity index (χ1n) is 24.7. The Morgan fingerprint density at radius 1 is 0.357 bits per heavy atom. The lowest BCUT2D eigenvalue weighted by molar-refractivity contribution is -0.533. The SMILES string of the molecule is Cc1ccnc(C2(c3cccc(C4(c5cccc(C6([N+]7=C=[N+](C)C=C7)c7ccc(C)cc7-c7cc(C)ccc76)c5)c5ccc(C)cc5-c5cc(C)ccc54)c3)c3ccc(C)cc3-c3cc(C)ccc32)c1. The van der Waals surface area contributed by atoms with Crippen LogP contribution in [-0.4, -0.2) is 27.2 Å². The van der Waals surface area contributed by atoms with Crippen molar-refractivity contribution in [3.05, 3.63) is 289 Å². The van der Waals surface area contributed by atoms with Crippen molar-refractivity contribution in [3.63, 3.8) is 0 Å². The molecule has 1 aliphatic heterocycles. The van der Waals surface area contributed by atoms with E-state index in [-0.39, 0.29) is 0 Å². The third-order valence-corrected chi connectivity index (χ3v) is 16.1. The summed E-state index contributed by atoms with van der Waals surface area (Å²) in [6, 6.07) is 69.9. The normalized spacial score (nSPS) is 15.7. The summed E-state index contributed by atoms with van der Waals surface area (Å²) < 4.78 is 4.38. The molecule has 8 aromatic carbocycles. The standard InChI is InChI=1S/C67H55N3/c1-41-15-21-58-52(31-41)53-32-42(2)16-22-59(53)65(58,49-12-10-14-51(39-49)67(70-30-29-69(8)40-70)62-25-19-45(5)35-56(62)57-36-46(6)20-26-63(57)67)48-11-9-13-50(38-48)66(64-37-47(7)27-28-68-64)60-23-17-43(3)33-54(60)55-34-44(4)18-24-61(55)66/h9-39H,1-8H3/q+2. The van der Waals surface area contributed by atoms with Crippen LogP contribution >= 0.6 is 0 Å². The van der Waals surface area contributed by atoms with Crippen molar-refractivity contribution < 1.29 is 9.15 Å². The van der Waals surface area contributed by atoms with E-state index in [0.29, 0.717) is 0 Å². The summed E-state index contributed by atoms with van der Waals surface area (Å²) >= 11 is 0. The Bertz CT molecular complexity index is 3720. The summed E-state index contributed by atoms with van der Waals surface area (Å²) in [7, 11) is 2.07. The zero-order valence-corrected chi connectivity index (χ0v) is 41.2. The molecule has 0 radical (unpaired) electrons. The van der Waals surface area contributed by atoms with E-state index >= 15 is 0 Å². The highest BCUT2D eigenvalue weighted by Gasteiger charge is 2.57. The predicted molar refractivity (Wildman–Crippen MR) is 284 cm³/mol. The first kappa shape index (κ1) is 42.2. The molecule has 0 amide bonds. The fourth-order valence-corrected chi connectivity index (χ4v) is 13.2. The summed E-state index contributed by atoms with van der Waals surface area (Å²) in [5.41, 5.74) is 27.8. The Hall–Kier alpha value is -7.97. The lowest BCUT2D eigenvalue weighted by Gasteiger charge is -2.37. The van der Waals surface area contributed by atoms with Crippen LogP contribution in [0.3, 0.4) is 0 Å². The molecule has 0 fully saturated rings. The number of aryl methyl sites for hydroxylation is 7. The van der Waals surface area contributed by atoms with Crippen LogP contribution < -0.4 is 0 Å². The Labute approximate surface area is 412 Å². The average molecular weight is 902 g/mol. The number of aromatic nitrogens is 1. The topological polar surface area (TPSA) is 18.9 Å². The fraction of sp³-hybridized carbons (Fsp3) is 0.164. The van der Waals surface area contributed by atoms with Gasteiger partial charge in [0.25, 0.3) is 5.54 Å². The maximum Gasteiger partial charge on any atom is 0.490 e. The van der Waals surface area contributed by atoms with Gasteiger partial charge < -0.3 is 0 Å². The van der Waals surface area contributed by atoms with Gasteiger partial charge in [-0.15, -0.1) is 0 Å². The number of nitrogens with zero attached hydrogens (tertiary/aromatic N) is 3. The van der Waals surface area contributed by atoms with Crippen LogP contribution in [0.1, 0.15) is 100 Å². The van der Waals surface area contributed by atoms with E-state index in [1.165, 1.54) is 128 Å². The molecule has 0 N–H and O–H groups in total. The third-order valence-electron chi connectivity index (χ3n) is 16.1. The molecule has 70 heavy (non-hydrogen) atoms. The van der Waals surface area contributed by atoms with Crippen LogP contribution in [0.2, 0.25) is 0 Å². The van der Waals surface area contributed by atoms with E-state index in [2.05, 4.69) is 248 Å². The highest BCUT2D eigenvalue weighted by atomic mass is 15.2. The second-order valence-electron chi connectivity index (χ2n) is 20.8. The van der Waals surface area contributed by atoms with Crippen LogP contribution in [0.4, 0.5) is 0 Å². The minimum absolute atomic E-state index is 0.681. The molecule has 0 saturated heterocycles. The number of fused-ring (bicyclic) bond motifs is 9. The van der Waals surface area contributed by atoms with Gasteiger partial charge in [-0.05, 0) is 145 Å². The van der Waals surface area contributed by atoms with Gasteiger partial charge in [-0.2, -0.15) is 0 Å². The minimum atomic E-state index is -0.707. The highest BCUT2D eigenvalue weighted by molar-refractivity contribution is 5.90. The van der Waals surface area contributed by atoms with Gasteiger partial charge in [-0.1, -0.05) is 194 Å². The molecule has 3 aliphatic carbocycles. The molecule has 0 unspecified atom stereocenters. The van der Waals surface area contributed by atoms with E-state index in [0.717, 1.165) is 5.69 Å². The molecule has 0 bridgehead atoms. The number of hydrogen-bond acceptors (Lipinski definition) is 1. The van der Waals surface area contributed by atoms with Gasteiger partial charge in [-0.3, -0.25) is 4.98 Å². The Kier molecular flexibility index (Phi) is 9.04. The van der Waals surface area contributed by atoms with Crippen LogP contribution in [0, 0.1) is 48.5 Å². The van der Waals surface area contributed by atoms with Crippen LogP contribution in [0.5, 0.6) is 0 Å². The molecular weight excluding hydrogens is 847 g/mol. The molecule has 2 heterocycles. The second-order valence-corrected chi connectivity index (χ2v) is 20.8. The quantitative estimate of drug-likeness (QED) is 0.152. The van der Waals surface area contributed by atoms with Crippen molar-refractivity contribution in [1.82, 2.24) is 4.98 Å². The molecule has 0 atom stereocenters. The van der Waals surface area contributed by atoms with Crippen molar-refractivity contribution in [1.29, 1.82) is 0 Å². The molecule has 13 rings (SSSR count). The smallest absolute Gasteiger partial charge is 0.260 e. The Morgan fingerprint density at radius 3 is 1.13 bits per heavy atom. The van der Waals surface area contributed by atoms with E-state index in [4.69, 9.17) is 4.98 Å². The molecule has 0 spiro atoms. The Morgan fingerprint density at radius 2 is 0.714 bits per heavy atom. The lowest BCUT2D eigenvalue weighted by Crippen LogP contribution is -2.38. The number of benzene rings is 8. The van der Waals surface area contributed by atoms with E-state index in [9.17, 15) is 0 Å². The van der Waals surface area contributed by atoms with Crippen molar-refractivity contribution in [2.45, 2.75) is 64.8 Å². The predicted octanol–water partition coefficient (Wildman–Crippen LogP) is 14.6. The monoisotopic (exact) mass is 901 g/mol. The second kappa shape index (κ2) is 15.0. The van der Waals surface area contributed by atoms with Gasteiger partial charge in [0.15, 0.2) is 7.05 Å².